The summed E-state index contributed by atoms with van der Waals surface area (Å²) in [5, 5.41) is 12.7. The molecule has 5 heteroatoms. The molecule has 0 radical (unpaired) electrons. The molecule has 2 unspecified atom stereocenters. The molecule has 2 amide bonds. The van der Waals surface area contributed by atoms with Crippen LogP contribution in [0.3, 0.4) is 0 Å². The minimum Gasteiger partial charge on any atom is -0.494 e. The van der Waals surface area contributed by atoms with Crippen molar-refractivity contribution in [2.45, 2.75) is 45.8 Å². The van der Waals surface area contributed by atoms with E-state index in [2.05, 4.69) is 5.32 Å². The van der Waals surface area contributed by atoms with Crippen LogP contribution in [-0.2, 0) is 0 Å². The molecule has 0 aromatic heterocycles. The first-order valence-corrected chi connectivity index (χ1v) is 8.47. The Morgan fingerprint density at radius 3 is 2.70 bits per heavy atom. The van der Waals surface area contributed by atoms with Gasteiger partial charge in [0.05, 0.1) is 18.8 Å². The number of carbonyl (C=O) groups is 1. The third-order valence-corrected chi connectivity index (χ3v) is 4.52. The van der Waals surface area contributed by atoms with E-state index in [9.17, 15) is 9.90 Å². The van der Waals surface area contributed by atoms with Gasteiger partial charge in [-0.2, -0.15) is 0 Å². The normalized spacial score (nSPS) is 18.3. The van der Waals surface area contributed by atoms with Crippen LogP contribution < -0.4 is 10.1 Å². The number of carbonyl (C=O) groups excluding carboxylic acids is 1. The molecule has 0 spiro atoms. The first kappa shape index (κ1) is 17.6. The molecule has 1 fully saturated rings. The molecule has 0 bridgehead atoms. The number of nitrogens with one attached hydrogen (secondary N) is 1. The molecule has 0 saturated carbocycles. The van der Waals surface area contributed by atoms with Crippen molar-refractivity contribution in [2.24, 2.45) is 5.92 Å². The van der Waals surface area contributed by atoms with Crippen LogP contribution in [0.5, 0.6) is 5.75 Å². The number of aliphatic hydroxyl groups excluding tert-OH is 1. The van der Waals surface area contributed by atoms with E-state index >= 15 is 0 Å². The number of nitrogens with zero attached hydrogens (tertiary/aromatic N) is 1. The molecule has 5 nitrogen and oxygen atoms in total. The highest BCUT2D eigenvalue weighted by molar-refractivity contribution is 5.74. The molecule has 23 heavy (non-hydrogen) atoms. The second-order valence-corrected chi connectivity index (χ2v) is 6.24. The highest BCUT2D eigenvalue weighted by atomic mass is 16.5. The zero-order chi connectivity index (χ0) is 16.8. The van der Waals surface area contributed by atoms with Crippen LogP contribution in [0.4, 0.5) is 4.79 Å². The lowest BCUT2D eigenvalue weighted by molar-refractivity contribution is 0.0794. The second kappa shape index (κ2) is 8.20. The van der Waals surface area contributed by atoms with E-state index in [-0.39, 0.29) is 18.2 Å². The topological polar surface area (TPSA) is 61.8 Å². The zero-order valence-corrected chi connectivity index (χ0v) is 14.3. The van der Waals surface area contributed by atoms with Gasteiger partial charge in [0.25, 0.3) is 0 Å². The van der Waals surface area contributed by atoms with E-state index in [1.165, 1.54) is 0 Å². The monoisotopic (exact) mass is 320 g/mol. The first-order chi connectivity index (χ1) is 11.0. The molecular weight excluding hydrogens is 292 g/mol. The predicted octanol–water partition coefficient (Wildman–Crippen LogP) is 2.95. The Hall–Kier alpha value is -1.75. The number of aliphatic hydroxyl groups is 1. The predicted molar refractivity (Wildman–Crippen MR) is 90.5 cm³/mol. The van der Waals surface area contributed by atoms with Crippen LogP contribution in [0.15, 0.2) is 24.3 Å². The third kappa shape index (κ3) is 4.86. The van der Waals surface area contributed by atoms with Gasteiger partial charge < -0.3 is 20.1 Å². The fourth-order valence-corrected chi connectivity index (χ4v) is 2.99. The largest absolute Gasteiger partial charge is 0.494 e. The van der Waals surface area contributed by atoms with Crippen molar-refractivity contribution in [2.75, 3.05) is 19.7 Å². The van der Waals surface area contributed by atoms with Gasteiger partial charge in [-0.15, -0.1) is 0 Å². The van der Waals surface area contributed by atoms with Crippen LogP contribution >= 0.6 is 0 Å². The zero-order valence-electron chi connectivity index (χ0n) is 14.3. The van der Waals surface area contributed by atoms with Crippen molar-refractivity contribution in [3.63, 3.8) is 0 Å². The van der Waals surface area contributed by atoms with E-state index in [0.717, 1.165) is 24.2 Å². The molecule has 2 N–H and O–H groups in total. The van der Waals surface area contributed by atoms with Crippen LogP contribution in [-0.4, -0.2) is 41.8 Å². The summed E-state index contributed by atoms with van der Waals surface area (Å²) in [5.41, 5.74) is 1.03. The maximum Gasteiger partial charge on any atom is 0.317 e. The van der Waals surface area contributed by atoms with Crippen LogP contribution in [0.1, 0.15) is 45.2 Å². The maximum atomic E-state index is 12.4. The number of piperidine rings is 1. The number of ether oxygens (including phenoxy) is 1. The summed E-state index contributed by atoms with van der Waals surface area (Å²) in [5.74, 6) is 1.13. The minimum absolute atomic E-state index is 0.0386. The fraction of sp³-hybridized carbons (Fsp3) is 0.611. The lowest BCUT2D eigenvalue weighted by Crippen LogP contribution is -2.46. The quantitative estimate of drug-likeness (QED) is 0.877. The summed E-state index contributed by atoms with van der Waals surface area (Å²) in [7, 11) is 0. The summed E-state index contributed by atoms with van der Waals surface area (Å²) in [6.07, 6.45) is 1.43. The minimum atomic E-state index is -0.291. The van der Waals surface area contributed by atoms with Gasteiger partial charge in [-0.05, 0) is 57.2 Å². The Morgan fingerprint density at radius 1 is 1.39 bits per heavy atom. The van der Waals surface area contributed by atoms with E-state index in [1.54, 1.807) is 0 Å². The highest BCUT2D eigenvalue weighted by Gasteiger charge is 2.26. The van der Waals surface area contributed by atoms with Gasteiger partial charge in [-0.3, -0.25) is 0 Å². The van der Waals surface area contributed by atoms with Crippen molar-refractivity contribution in [1.29, 1.82) is 0 Å². The number of likely N-dealkylation sites (tertiary alicyclic amines) is 1. The number of hydrogen-bond donors (Lipinski definition) is 2. The summed E-state index contributed by atoms with van der Waals surface area (Å²) in [4.78, 5) is 14.2. The van der Waals surface area contributed by atoms with Gasteiger partial charge in [0.2, 0.25) is 0 Å². The van der Waals surface area contributed by atoms with E-state index in [1.807, 2.05) is 49.9 Å². The number of rotatable bonds is 5. The van der Waals surface area contributed by atoms with Gasteiger partial charge in [0, 0.05) is 13.1 Å². The van der Waals surface area contributed by atoms with Crippen molar-refractivity contribution < 1.29 is 14.6 Å². The molecule has 1 aliphatic heterocycles. The van der Waals surface area contributed by atoms with Gasteiger partial charge >= 0.3 is 6.03 Å². The lowest BCUT2D eigenvalue weighted by atomic mass is 9.92. The van der Waals surface area contributed by atoms with Gasteiger partial charge in [-0.25, -0.2) is 4.79 Å². The molecule has 1 saturated heterocycles. The lowest BCUT2D eigenvalue weighted by Gasteiger charge is -2.34. The number of hydrogen-bond acceptors (Lipinski definition) is 3. The Labute approximate surface area is 138 Å². The Kier molecular flexibility index (Phi) is 6.28. The standard InChI is InChI=1S/C18H28N2O3/c1-4-23-17-7-5-6-16(12-17)13(2)19-18(22)20-10-8-15(9-11-20)14(3)21/h5-7,12-15,21H,4,8-11H2,1-3H3,(H,19,22). The smallest absolute Gasteiger partial charge is 0.317 e. The summed E-state index contributed by atoms with van der Waals surface area (Å²) < 4.78 is 5.51. The molecule has 0 aliphatic carbocycles. The summed E-state index contributed by atoms with van der Waals surface area (Å²) in [6, 6.07) is 7.71. The van der Waals surface area contributed by atoms with Gasteiger partial charge in [-0.1, -0.05) is 12.1 Å². The summed E-state index contributed by atoms with van der Waals surface area (Å²) >= 11 is 0. The molecule has 2 rings (SSSR count). The van der Waals surface area contributed by atoms with Crippen molar-refractivity contribution in [3.05, 3.63) is 29.8 Å². The Balaban J connectivity index is 1.89. The number of benzene rings is 1. The maximum absolute atomic E-state index is 12.4. The molecular formula is C18H28N2O3. The first-order valence-electron chi connectivity index (χ1n) is 8.47. The van der Waals surface area contributed by atoms with Crippen LogP contribution in [0.2, 0.25) is 0 Å². The number of amides is 2. The van der Waals surface area contributed by atoms with E-state index in [4.69, 9.17) is 4.74 Å². The van der Waals surface area contributed by atoms with Crippen molar-refractivity contribution in [3.8, 4) is 5.75 Å². The fourth-order valence-electron chi connectivity index (χ4n) is 2.99. The average Bonchev–Trinajstić information content (AvgIpc) is 2.55. The molecule has 1 aliphatic rings. The SMILES string of the molecule is CCOc1cccc(C(C)NC(=O)N2CCC(C(C)O)CC2)c1. The molecule has 128 valence electrons. The van der Waals surface area contributed by atoms with Crippen LogP contribution in [0, 0.1) is 5.92 Å². The van der Waals surface area contributed by atoms with E-state index in [0.29, 0.717) is 25.6 Å². The molecule has 1 heterocycles. The third-order valence-electron chi connectivity index (χ3n) is 4.52. The Bertz CT molecular complexity index is 511. The van der Waals surface area contributed by atoms with Gasteiger partial charge in [0.15, 0.2) is 0 Å². The van der Waals surface area contributed by atoms with Crippen molar-refractivity contribution >= 4 is 6.03 Å². The number of urea groups is 1. The van der Waals surface area contributed by atoms with Gasteiger partial charge in [0.1, 0.15) is 5.75 Å². The molecule has 2 atom stereocenters. The Morgan fingerprint density at radius 2 is 2.09 bits per heavy atom. The van der Waals surface area contributed by atoms with E-state index < -0.39 is 0 Å². The molecule has 1 aromatic carbocycles. The summed E-state index contributed by atoms with van der Waals surface area (Å²) in [6.45, 7) is 7.79. The molecule has 1 aromatic rings. The second-order valence-electron chi connectivity index (χ2n) is 6.24. The average molecular weight is 320 g/mol. The van der Waals surface area contributed by atoms with Crippen molar-refractivity contribution in [1.82, 2.24) is 10.2 Å². The van der Waals surface area contributed by atoms with Crippen LogP contribution in [0.25, 0.3) is 0 Å². The highest BCUT2D eigenvalue weighted by Crippen LogP contribution is 2.22.